The summed E-state index contributed by atoms with van der Waals surface area (Å²) in [5.74, 6) is 0. The van der Waals surface area contributed by atoms with E-state index in [1.165, 1.54) is 154 Å². The monoisotopic (exact) mass is 599 g/mol. The van der Waals surface area contributed by atoms with Crippen molar-refractivity contribution in [1.82, 2.24) is 14.0 Å². The molecule has 41 heavy (non-hydrogen) atoms. The van der Waals surface area contributed by atoms with Crippen LogP contribution in [0.5, 0.6) is 0 Å². The number of hydrogen-bond acceptors (Lipinski definition) is 1. The minimum Gasteiger partial charge on any atom is -0.277 e. The lowest BCUT2D eigenvalue weighted by Gasteiger charge is -2.49. The van der Waals surface area contributed by atoms with Gasteiger partial charge in [-0.05, 0) is 38.5 Å². The molecule has 0 amide bonds. The molecular formula is C36H79N4P. The molecule has 0 atom stereocenters. The van der Waals surface area contributed by atoms with Gasteiger partial charge in [-0.25, -0.2) is 14.0 Å². The Bertz CT molecular complexity index is 458. The van der Waals surface area contributed by atoms with Gasteiger partial charge in [-0.15, -0.1) is 0 Å². The zero-order chi connectivity index (χ0) is 30.4. The zero-order valence-electron chi connectivity index (χ0n) is 29.5. The van der Waals surface area contributed by atoms with Crippen LogP contribution in [-0.4, -0.2) is 53.3 Å². The van der Waals surface area contributed by atoms with Crippen molar-refractivity contribution in [2.45, 2.75) is 196 Å². The highest BCUT2D eigenvalue weighted by molar-refractivity contribution is 7.57. The van der Waals surface area contributed by atoms with E-state index in [9.17, 15) is 5.16 Å². The van der Waals surface area contributed by atoms with E-state index in [1.54, 1.807) is 0 Å². The largest absolute Gasteiger partial charge is 0.277 e. The van der Waals surface area contributed by atoms with Gasteiger partial charge in [-0.2, -0.15) is 0 Å². The first kappa shape index (κ1) is 41.1. The Morgan fingerprint density at radius 2 is 0.463 bits per heavy atom. The smallest absolute Gasteiger partial charge is 0.165 e. The first-order chi connectivity index (χ1) is 20.1. The number of unbranched alkanes of at least 4 members (excludes halogenated alkanes) is 18. The van der Waals surface area contributed by atoms with E-state index in [1.807, 2.05) is 0 Å². The molecule has 0 rings (SSSR count). The average Bonchev–Trinajstić information content (AvgIpc) is 2.98. The maximum atomic E-state index is 10.8. The van der Waals surface area contributed by atoms with Gasteiger partial charge in [0.25, 0.3) is 0 Å². The summed E-state index contributed by atoms with van der Waals surface area (Å²) in [5.41, 5.74) is 0. The second kappa shape index (κ2) is 30.1. The predicted octanol–water partition coefficient (Wildman–Crippen LogP) is 12.9. The summed E-state index contributed by atoms with van der Waals surface area (Å²) in [6.07, 6.45) is 31.3. The summed E-state index contributed by atoms with van der Waals surface area (Å²) < 4.78 is 8.37. The molecule has 0 aromatic carbocycles. The molecular weight excluding hydrogens is 519 g/mol. The Labute approximate surface area is 261 Å². The van der Waals surface area contributed by atoms with E-state index in [0.29, 0.717) is 0 Å². The Hall–Kier alpha value is 0.110. The molecule has 0 aliphatic carbocycles. The lowest BCUT2D eigenvalue weighted by atomic mass is 10.2. The maximum Gasteiger partial charge on any atom is 0.165 e. The molecule has 5 heteroatoms. The molecule has 0 saturated heterocycles. The third-order valence-electron chi connectivity index (χ3n) is 8.80. The zero-order valence-corrected chi connectivity index (χ0v) is 30.4. The SMILES string of the molecule is CCCCCCN(CCCCCC)P(=N)(N(CCCCCC)CCCCCC)N(CCCCCC)CCCCCC. The van der Waals surface area contributed by atoms with Crippen LogP contribution in [0.4, 0.5) is 0 Å². The van der Waals surface area contributed by atoms with Crippen molar-refractivity contribution in [3.63, 3.8) is 0 Å². The van der Waals surface area contributed by atoms with Crippen LogP contribution in [0.15, 0.2) is 0 Å². The van der Waals surface area contributed by atoms with Gasteiger partial charge in [0.05, 0.1) is 0 Å². The summed E-state index contributed by atoms with van der Waals surface area (Å²) in [6.45, 7) is 20.7. The number of hydrogen-bond donors (Lipinski definition) is 1. The standard InChI is InChI=1S/C36H79N4P/c1-7-13-19-25-31-38(32-26-20-14-8-2)41(37,39(33-27-21-15-9-3)34-28-22-16-10-4)40(35-29-23-17-11-5)36-30-24-18-12-6/h37H,7-36H2,1-6H3. The summed E-state index contributed by atoms with van der Waals surface area (Å²) >= 11 is 0. The molecule has 0 radical (unpaired) electrons. The van der Waals surface area contributed by atoms with Crippen LogP contribution >= 0.6 is 7.51 Å². The molecule has 0 heterocycles. The summed E-state index contributed by atoms with van der Waals surface area (Å²) in [5, 5.41) is 10.8. The second-order valence-electron chi connectivity index (χ2n) is 12.8. The van der Waals surface area contributed by atoms with Gasteiger partial charge >= 0.3 is 0 Å². The van der Waals surface area contributed by atoms with Crippen LogP contribution in [0.1, 0.15) is 196 Å². The summed E-state index contributed by atoms with van der Waals surface area (Å²) in [4.78, 5) is 0. The van der Waals surface area contributed by atoms with Crippen molar-refractivity contribution in [3.8, 4) is 0 Å². The van der Waals surface area contributed by atoms with E-state index >= 15 is 0 Å². The van der Waals surface area contributed by atoms with Gasteiger partial charge in [-0.1, -0.05) is 157 Å². The topological polar surface area (TPSA) is 33.6 Å². The molecule has 0 saturated carbocycles. The molecule has 0 unspecified atom stereocenters. The molecule has 0 spiro atoms. The van der Waals surface area contributed by atoms with Crippen molar-refractivity contribution in [3.05, 3.63) is 0 Å². The van der Waals surface area contributed by atoms with Gasteiger partial charge < -0.3 is 0 Å². The van der Waals surface area contributed by atoms with Gasteiger partial charge in [-0.3, -0.25) is 5.16 Å². The van der Waals surface area contributed by atoms with Crippen molar-refractivity contribution >= 4 is 7.51 Å². The number of nitrogens with one attached hydrogen (secondary N) is 1. The van der Waals surface area contributed by atoms with E-state index in [-0.39, 0.29) is 0 Å². The van der Waals surface area contributed by atoms with Crippen molar-refractivity contribution in [2.75, 3.05) is 39.3 Å². The Kier molecular flexibility index (Phi) is 30.2. The van der Waals surface area contributed by atoms with Crippen LogP contribution in [0.2, 0.25) is 0 Å². The molecule has 0 aromatic rings. The molecule has 1 N–H and O–H groups in total. The fraction of sp³-hybridized carbons (Fsp3) is 1.00. The van der Waals surface area contributed by atoms with Crippen LogP contribution in [0.25, 0.3) is 0 Å². The van der Waals surface area contributed by atoms with Crippen LogP contribution in [0.3, 0.4) is 0 Å². The number of nitrogens with zero attached hydrogens (tertiary/aromatic N) is 3. The second-order valence-corrected chi connectivity index (χ2v) is 15.6. The average molecular weight is 599 g/mol. The Balaban J connectivity index is 6.38. The van der Waals surface area contributed by atoms with Gasteiger partial charge in [0.2, 0.25) is 0 Å². The van der Waals surface area contributed by atoms with Crippen LogP contribution in [0, 0.1) is 5.16 Å². The summed E-state index contributed by atoms with van der Waals surface area (Å²) in [6, 6.07) is 0. The van der Waals surface area contributed by atoms with Crippen molar-refractivity contribution in [2.24, 2.45) is 0 Å². The van der Waals surface area contributed by atoms with Gasteiger partial charge in [0.1, 0.15) is 0 Å². The van der Waals surface area contributed by atoms with Gasteiger partial charge in [0.15, 0.2) is 7.51 Å². The molecule has 0 aliphatic heterocycles. The fourth-order valence-corrected chi connectivity index (χ4v) is 9.63. The minimum absolute atomic E-state index is 1.13. The third-order valence-corrected chi connectivity index (χ3v) is 12.4. The summed E-state index contributed by atoms with van der Waals surface area (Å²) in [7, 11) is -2.34. The molecule has 0 aromatic heterocycles. The Morgan fingerprint density at radius 3 is 0.610 bits per heavy atom. The molecule has 248 valence electrons. The predicted molar refractivity (Wildman–Crippen MR) is 189 cm³/mol. The van der Waals surface area contributed by atoms with E-state index in [2.05, 4.69) is 55.6 Å². The molecule has 0 aliphatic rings. The van der Waals surface area contributed by atoms with E-state index in [4.69, 9.17) is 0 Å². The van der Waals surface area contributed by atoms with Crippen LogP contribution < -0.4 is 0 Å². The van der Waals surface area contributed by atoms with Crippen LogP contribution in [-0.2, 0) is 0 Å². The highest BCUT2D eigenvalue weighted by Crippen LogP contribution is 2.58. The van der Waals surface area contributed by atoms with Crippen molar-refractivity contribution < 1.29 is 0 Å². The number of rotatable bonds is 33. The maximum absolute atomic E-state index is 10.8. The fourth-order valence-electron chi connectivity index (χ4n) is 6.04. The Morgan fingerprint density at radius 1 is 0.293 bits per heavy atom. The minimum atomic E-state index is -2.34. The van der Waals surface area contributed by atoms with E-state index < -0.39 is 7.51 Å². The highest BCUT2D eigenvalue weighted by atomic mass is 31.2. The lowest BCUT2D eigenvalue weighted by molar-refractivity contribution is 0.282. The molecule has 0 bridgehead atoms. The van der Waals surface area contributed by atoms with Crippen molar-refractivity contribution in [1.29, 1.82) is 5.16 Å². The highest BCUT2D eigenvalue weighted by Gasteiger charge is 2.37. The quantitative estimate of drug-likeness (QED) is 0.0602. The third kappa shape index (κ3) is 19.9. The molecule has 4 nitrogen and oxygen atoms in total. The first-order valence-electron chi connectivity index (χ1n) is 19.0. The first-order valence-corrected chi connectivity index (χ1v) is 20.6. The normalized spacial score (nSPS) is 12.4. The molecule has 0 fully saturated rings. The van der Waals surface area contributed by atoms with Gasteiger partial charge in [0, 0.05) is 39.3 Å². The van der Waals surface area contributed by atoms with E-state index in [0.717, 1.165) is 39.3 Å². The lowest BCUT2D eigenvalue weighted by Crippen LogP contribution is -2.43.